The molecule has 0 aromatic carbocycles. The minimum atomic E-state index is -2.86. The lowest BCUT2D eigenvalue weighted by Crippen LogP contribution is -2.55. The molecule has 164 valence electrons. The molecule has 9 heteroatoms. The third-order valence-electron chi connectivity index (χ3n) is 7.42. The third kappa shape index (κ3) is 3.95. The van der Waals surface area contributed by atoms with Crippen molar-refractivity contribution in [1.29, 1.82) is 0 Å². The van der Waals surface area contributed by atoms with Crippen LogP contribution < -0.4 is 5.73 Å². The second-order valence-corrected chi connectivity index (χ2v) is 9.28. The first kappa shape index (κ1) is 20.8. The van der Waals surface area contributed by atoms with E-state index in [9.17, 15) is 18.4 Å². The average Bonchev–Trinajstić information content (AvgIpc) is 3.21. The van der Waals surface area contributed by atoms with Crippen LogP contribution in [0.25, 0.3) is 0 Å². The van der Waals surface area contributed by atoms with Crippen LogP contribution in [0, 0.1) is 5.41 Å². The van der Waals surface area contributed by atoms with E-state index in [4.69, 9.17) is 10.5 Å². The zero-order chi connectivity index (χ0) is 20.8. The number of piperidine rings is 1. The minimum Gasteiger partial charge on any atom is -0.450 e. The van der Waals surface area contributed by atoms with Gasteiger partial charge in [0.2, 0.25) is 5.91 Å². The van der Waals surface area contributed by atoms with Gasteiger partial charge in [-0.1, -0.05) is 6.42 Å². The van der Waals surface area contributed by atoms with Gasteiger partial charge in [-0.3, -0.25) is 19.5 Å². The molecule has 4 aliphatic rings. The Bertz CT molecular complexity index is 650. The summed E-state index contributed by atoms with van der Waals surface area (Å²) in [7, 11) is 0. The molecule has 1 saturated carbocycles. The van der Waals surface area contributed by atoms with Gasteiger partial charge in [-0.25, -0.2) is 13.6 Å². The van der Waals surface area contributed by atoms with Crippen LogP contribution in [-0.4, -0.2) is 83.7 Å². The van der Waals surface area contributed by atoms with E-state index in [1.807, 2.05) is 11.8 Å². The zero-order valence-electron chi connectivity index (χ0n) is 17.1. The Hall–Kier alpha value is -1.48. The Morgan fingerprint density at radius 2 is 1.83 bits per heavy atom. The number of primary amides is 1. The molecule has 2 amide bonds. The minimum absolute atomic E-state index is 0.0160. The number of halogens is 2. The second kappa shape index (κ2) is 7.65. The molecule has 0 aromatic heterocycles. The van der Waals surface area contributed by atoms with E-state index < -0.39 is 30.8 Å². The van der Waals surface area contributed by atoms with Crippen molar-refractivity contribution < 1.29 is 23.1 Å². The van der Waals surface area contributed by atoms with Gasteiger partial charge in [0.25, 0.3) is 5.92 Å². The molecule has 3 heterocycles. The SMILES string of the molecule is CCOC(=O)N1CC2(CCC2)CC1N1CCC(N2CC(F)(F)C[C@@H]2C(N)=O)CC1. The summed E-state index contributed by atoms with van der Waals surface area (Å²) in [6, 6.07) is -0.963. The van der Waals surface area contributed by atoms with Crippen LogP contribution in [0.5, 0.6) is 0 Å². The number of hydrogen-bond donors (Lipinski definition) is 1. The number of likely N-dealkylation sites (tertiary alicyclic amines) is 3. The van der Waals surface area contributed by atoms with Crippen molar-refractivity contribution in [2.45, 2.75) is 76.0 Å². The van der Waals surface area contributed by atoms with Crippen LogP contribution >= 0.6 is 0 Å². The number of rotatable bonds is 4. The van der Waals surface area contributed by atoms with Crippen LogP contribution in [0.3, 0.4) is 0 Å². The van der Waals surface area contributed by atoms with Gasteiger partial charge in [0, 0.05) is 32.1 Å². The lowest BCUT2D eigenvalue weighted by atomic mass is 9.68. The Balaban J connectivity index is 1.40. The van der Waals surface area contributed by atoms with Crippen LogP contribution in [0.2, 0.25) is 0 Å². The van der Waals surface area contributed by atoms with E-state index in [1.54, 1.807) is 4.90 Å². The molecule has 7 nitrogen and oxygen atoms in total. The first-order valence-corrected chi connectivity index (χ1v) is 10.8. The van der Waals surface area contributed by atoms with E-state index in [1.165, 1.54) is 6.42 Å². The maximum absolute atomic E-state index is 13.9. The number of carbonyl (C=O) groups excluding carboxylic acids is 2. The fourth-order valence-corrected chi connectivity index (χ4v) is 5.79. The normalized spacial score (nSPS) is 32.4. The maximum atomic E-state index is 13.9. The smallest absolute Gasteiger partial charge is 0.411 e. The molecule has 3 saturated heterocycles. The molecule has 29 heavy (non-hydrogen) atoms. The summed E-state index contributed by atoms with van der Waals surface area (Å²) in [6.07, 6.45) is 5.15. The second-order valence-electron chi connectivity index (χ2n) is 9.28. The van der Waals surface area contributed by atoms with Crippen molar-refractivity contribution in [3.63, 3.8) is 0 Å². The summed E-state index contributed by atoms with van der Waals surface area (Å²) in [6.45, 7) is 3.96. The van der Waals surface area contributed by atoms with Gasteiger partial charge in [-0.2, -0.15) is 0 Å². The Labute approximate surface area is 170 Å². The number of nitrogens with zero attached hydrogens (tertiary/aromatic N) is 3. The van der Waals surface area contributed by atoms with E-state index in [2.05, 4.69) is 4.90 Å². The highest BCUT2D eigenvalue weighted by Crippen LogP contribution is 2.51. The zero-order valence-corrected chi connectivity index (χ0v) is 17.1. The standard InChI is InChI=1S/C20H32F2N4O3/c1-2-29-18(28)26-12-19(6-3-7-19)11-16(26)24-8-4-14(5-9-24)25-13-20(21,22)10-15(25)17(23)27/h14-16H,2-13H2,1H3,(H2,23,27)/t15-,16?/m1/s1. The number of nitrogens with two attached hydrogens (primary N) is 1. The van der Waals surface area contributed by atoms with Gasteiger partial charge in [0.05, 0.1) is 25.4 Å². The molecule has 3 aliphatic heterocycles. The lowest BCUT2D eigenvalue weighted by molar-refractivity contribution is -0.123. The molecule has 2 N–H and O–H groups in total. The van der Waals surface area contributed by atoms with Crippen molar-refractivity contribution in [3.8, 4) is 0 Å². The van der Waals surface area contributed by atoms with Crippen molar-refractivity contribution >= 4 is 12.0 Å². The first-order valence-electron chi connectivity index (χ1n) is 10.8. The molecule has 1 aliphatic carbocycles. The van der Waals surface area contributed by atoms with Crippen molar-refractivity contribution in [1.82, 2.24) is 14.7 Å². The summed E-state index contributed by atoms with van der Waals surface area (Å²) in [5.41, 5.74) is 5.62. The lowest BCUT2D eigenvalue weighted by Gasteiger charge is -2.42. The van der Waals surface area contributed by atoms with Crippen LogP contribution in [0.15, 0.2) is 0 Å². The van der Waals surface area contributed by atoms with Gasteiger partial charge in [0.1, 0.15) is 0 Å². The Morgan fingerprint density at radius 1 is 1.14 bits per heavy atom. The predicted octanol–water partition coefficient (Wildman–Crippen LogP) is 2.00. The summed E-state index contributed by atoms with van der Waals surface area (Å²) in [4.78, 5) is 30.0. The van der Waals surface area contributed by atoms with E-state index in [-0.39, 0.29) is 23.7 Å². The summed E-state index contributed by atoms with van der Waals surface area (Å²) in [5, 5.41) is 0. The highest BCUT2D eigenvalue weighted by Gasteiger charge is 2.53. The topological polar surface area (TPSA) is 79.1 Å². The number of ether oxygens (including phenoxy) is 1. The Morgan fingerprint density at radius 3 is 2.38 bits per heavy atom. The summed E-state index contributed by atoms with van der Waals surface area (Å²) in [5.74, 6) is -3.53. The molecule has 1 spiro atoms. The van der Waals surface area contributed by atoms with E-state index >= 15 is 0 Å². The molecular formula is C20H32F2N4O3. The number of amides is 2. The highest BCUT2D eigenvalue weighted by molar-refractivity contribution is 5.80. The molecule has 0 aromatic rings. The highest BCUT2D eigenvalue weighted by atomic mass is 19.3. The average molecular weight is 414 g/mol. The molecule has 2 atom stereocenters. The fourth-order valence-electron chi connectivity index (χ4n) is 5.79. The molecule has 4 rings (SSSR count). The molecule has 0 bridgehead atoms. The number of carbonyl (C=O) groups is 2. The quantitative estimate of drug-likeness (QED) is 0.761. The first-order chi connectivity index (χ1) is 13.7. The molecule has 1 unspecified atom stereocenters. The Kier molecular flexibility index (Phi) is 5.48. The predicted molar refractivity (Wildman–Crippen MR) is 102 cm³/mol. The summed E-state index contributed by atoms with van der Waals surface area (Å²) >= 11 is 0. The fraction of sp³-hybridized carbons (Fsp3) is 0.900. The molecule has 4 fully saturated rings. The van der Waals surface area contributed by atoms with Gasteiger partial charge in [0.15, 0.2) is 0 Å². The monoisotopic (exact) mass is 414 g/mol. The van der Waals surface area contributed by atoms with E-state index in [0.29, 0.717) is 19.4 Å². The van der Waals surface area contributed by atoms with Crippen molar-refractivity contribution in [3.05, 3.63) is 0 Å². The molecular weight excluding hydrogens is 382 g/mol. The van der Waals surface area contributed by atoms with Crippen LogP contribution in [0.4, 0.5) is 13.6 Å². The number of hydrogen-bond acceptors (Lipinski definition) is 5. The van der Waals surface area contributed by atoms with Crippen molar-refractivity contribution in [2.24, 2.45) is 11.1 Å². The van der Waals surface area contributed by atoms with Crippen LogP contribution in [-0.2, 0) is 9.53 Å². The van der Waals surface area contributed by atoms with Crippen molar-refractivity contribution in [2.75, 3.05) is 32.8 Å². The van der Waals surface area contributed by atoms with Crippen LogP contribution in [0.1, 0.15) is 51.9 Å². The maximum Gasteiger partial charge on any atom is 0.411 e. The number of alkyl halides is 2. The van der Waals surface area contributed by atoms with Gasteiger partial charge >= 0.3 is 6.09 Å². The van der Waals surface area contributed by atoms with Gasteiger partial charge < -0.3 is 10.5 Å². The van der Waals surface area contributed by atoms with E-state index in [0.717, 1.165) is 38.9 Å². The third-order valence-corrected chi connectivity index (χ3v) is 7.42. The molecule has 0 radical (unpaired) electrons. The van der Waals surface area contributed by atoms with Gasteiger partial charge in [-0.05, 0) is 44.4 Å². The largest absolute Gasteiger partial charge is 0.450 e. The summed E-state index contributed by atoms with van der Waals surface area (Å²) < 4.78 is 33.1. The van der Waals surface area contributed by atoms with Gasteiger partial charge in [-0.15, -0.1) is 0 Å².